The molecule has 1 aromatic rings. The first-order valence-electron chi connectivity index (χ1n) is 3.92. The molecule has 12 heavy (non-hydrogen) atoms. The van der Waals surface area contributed by atoms with Gasteiger partial charge >= 0.3 is 0 Å². The summed E-state index contributed by atoms with van der Waals surface area (Å²) in [4.78, 5) is 1.33. The molecule has 0 radical (unpaired) electrons. The van der Waals surface area contributed by atoms with Gasteiger partial charge in [-0.05, 0) is 30.2 Å². The van der Waals surface area contributed by atoms with Crippen LogP contribution >= 0.6 is 23.4 Å². The summed E-state index contributed by atoms with van der Waals surface area (Å²) >= 11 is 7.70. The highest BCUT2D eigenvalue weighted by molar-refractivity contribution is 7.99. The van der Waals surface area contributed by atoms with Gasteiger partial charge in [0.05, 0.1) is 0 Å². The molecule has 0 amide bonds. The van der Waals surface area contributed by atoms with Crippen LogP contribution in [0.1, 0.15) is 5.56 Å². The van der Waals surface area contributed by atoms with Gasteiger partial charge in [-0.25, -0.2) is 0 Å². The van der Waals surface area contributed by atoms with Gasteiger partial charge in [0.1, 0.15) is 0 Å². The van der Waals surface area contributed by atoms with Crippen molar-refractivity contribution in [1.29, 1.82) is 0 Å². The maximum atomic E-state index is 5.87. The molecule has 1 aliphatic rings. The molecule has 1 heterocycles. The summed E-state index contributed by atoms with van der Waals surface area (Å²) in [6.07, 6.45) is 0.961. The Balaban J connectivity index is 2.37. The Labute approximate surface area is 81.3 Å². The summed E-state index contributed by atoms with van der Waals surface area (Å²) in [5.41, 5.74) is 7.13. The normalized spacial score (nSPS) is 22.0. The summed E-state index contributed by atoms with van der Waals surface area (Å²) < 4.78 is 0. The van der Waals surface area contributed by atoms with Gasteiger partial charge in [0, 0.05) is 21.7 Å². The van der Waals surface area contributed by atoms with Crippen LogP contribution in [0.15, 0.2) is 23.1 Å². The molecule has 0 spiro atoms. The van der Waals surface area contributed by atoms with E-state index in [0.29, 0.717) is 6.04 Å². The van der Waals surface area contributed by atoms with Crippen LogP contribution in [0.3, 0.4) is 0 Å². The van der Waals surface area contributed by atoms with Gasteiger partial charge in [-0.3, -0.25) is 0 Å². The minimum Gasteiger partial charge on any atom is -0.327 e. The summed E-state index contributed by atoms with van der Waals surface area (Å²) in [7, 11) is 0. The highest BCUT2D eigenvalue weighted by Crippen LogP contribution is 2.31. The van der Waals surface area contributed by atoms with Crippen molar-refractivity contribution in [1.82, 2.24) is 0 Å². The van der Waals surface area contributed by atoms with Crippen molar-refractivity contribution < 1.29 is 0 Å². The number of hydrogen-bond acceptors (Lipinski definition) is 2. The maximum Gasteiger partial charge on any atom is 0.0409 e. The number of hydrogen-bond donors (Lipinski definition) is 1. The van der Waals surface area contributed by atoms with Gasteiger partial charge in [-0.1, -0.05) is 11.6 Å². The molecule has 1 aromatic carbocycles. The molecule has 1 aliphatic heterocycles. The number of benzene rings is 1. The molecule has 2 rings (SSSR count). The van der Waals surface area contributed by atoms with Crippen LogP contribution < -0.4 is 5.73 Å². The van der Waals surface area contributed by atoms with E-state index in [2.05, 4.69) is 6.07 Å². The highest BCUT2D eigenvalue weighted by Gasteiger charge is 2.15. The smallest absolute Gasteiger partial charge is 0.0409 e. The zero-order valence-electron chi connectivity index (χ0n) is 6.59. The van der Waals surface area contributed by atoms with Crippen molar-refractivity contribution >= 4 is 23.4 Å². The van der Waals surface area contributed by atoms with Crippen molar-refractivity contribution in [3.8, 4) is 0 Å². The third kappa shape index (κ3) is 1.60. The second-order valence-corrected chi connectivity index (χ2v) is 4.53. The first kappa shape index (κ1) is 8.42. The van der Waals surface area contributed by atoms with E-state index in [-0.39, 0.29) is 0 Å². The van der Waals surface area contributed by atoms with Gasteiger partial charge in [0.15, 0.2) is 0 Å². The van der Waals surface area contributed by atoms with E-state index in [4.69, 9.17) is 17.3 Å². The summed E-state index contributed by atoms with van der Waals surface area (Å²) in [6, 6.07) is 6.32. The minimum absolute atomic E-state index is 0.293. The second-order valence-electron chi connectivity index (χ2n) is 3.03. The van der Waals surface area contributed by atoms with Crippen molar-refractivity contribution in [3.63, 3.8) is 0 Å². The fourth-order valence-electron chi connectivity index (χ4n) is 1.39. The quantitative estimate of drug-likeness (QED) is 0.694. The zero-order valence-corrected chi connectivity index (χ0v) is 8.16. The van der Waals surface area contributed by atoms with E-state index in [1.54, 1.807) is 0 Å². The molecular weight excluding hydrogens is 190 g/mol. The third-order valence-corrected chi connectivity index (χ3v) is 3.50. The van der Waals surface area contributed by atoms with Crippen LogP contribution in [-0.2, 0) is 6.42 Å². The molecule has 0 aromatic heterocycles. The molecule has 1 unspecified atom stereocenters. The molecule has 3 heteroatoms. The van der Waals surface area contributed by atoms with Crippen LogP contribution in [0.5, 0.6) is 0 Å². The lowest BCUT2D eigenvalue weighted by Gasteiger charge is -2.20. The van der Waals surface area contributed by atoms with E-state index in [0.717, 1.165) is 17.2 Å². The van der Waals surface area contributed by atoms with E-state index in [1.807, 2.05) is 23.9 Å². The van der Waals surface area contributed by atoms with Crippen LogP contribution in [-0.4, -0.2) is 11.8 Å². The van der Waals surface area contributed by atoms with Crippen molar-refractivity contribution in [3.05, 3.63) is 28.8 Å². The average Bonchev–Trinajstić information content (AvgIpc) is 2.03. The summed E-state index contributed by atoms with van der Waals surface area (Å²) in [5.74, 6) is 1.02. The van der Waals surface area contributed by atoms with Gasteiger partial charge in [0.25, 0.3) is 0 Å². The van der Waals surface area contributed by atoms with Crippen molar-refractivity contribution in [2.75, 3.05) is 5.75 Å². The molecule has 0 fully saturated rings. The first-order chi connectivity index (χ1) is 5.75. The van der Waals surface area contributed by atoms with Crippen molar-refractivity contribution in [2.45, 2.75) is 17.4 Å². The lowest BCUT2D eigenvalue weighted by molar-refractivity contribution is 0.727. The van der Waals surface area contributed by atoms with Gasteiger partial charge < -0.3 is 5.73 Å². The van der Waals surface area contributed by atoms with E-state index in [9.17, 15) is 0 Å². The number of thioether (sulfide) groups is 1. The highest BCUT2D eigenvalue weighted by atomic mass is 35.5. The standard InChI is InChI=1S/C9H10ClNS/c10-7-1-2-9-6(3-7)4-8(11)5-12-9/h1-3,8H,4-5,11H2. The number of halogens is 1. The fourth-order valence-corrected chi connectivity index (χ4v) is 2.58. The largest absolute Gasteiger partial charge is 0.327 e. The lowest BCUT2D eigenvalue weighted by atomic mass is 10.1. The first-order valence-corrected chi connectivity index (χ1v) is 5.29. The molecule has 0 bridgehead atoms. The predicted molar refractivity (Wildman–Crippen MR) is 53.9 cm³/mol. The van der Waals surface area contributed by atoms with Gasteiger partial charge in [-0.2, -0.15) is 0 Å². The maximum absolute atomic E-state index is 5.87. The number of fused-ring (bicyclic) bond motifs is 1. The number of nitrogens with two attached hydrogens (primary N) is 1. The van der Waals surface area contributed by atoms with Crippen LogP contribution in [0, 0.1) is 0 Å². The Bertz CT molecular complexity index is 301. The van der Waals surface area contributed by atoms with Crippen LogP contribution in [0.4, 0.5) is 0 Å². The minimum atomic E-state index is 0.293. The molecule has 1 nitrogen and oxygen atoms in total. The van der Waals surface area contributed by atoms with Crippen molar-refractivity contribution in [2.24, 2.45) is 5.73 Å². The Morgan fingerprint density at radius 1 is 1.50 bits per heavy atom. The summed E-state index contributed by atoms with van der Waals surface area (Å²) in [5, 5.41) is 0.809. The second kappa shape index (κ2) is 3.29. The van der Waals surface area contributed by atoms with E-state index >= 15 is 0 Å². The average molecular weight is 200 g/mol. The molecule has 64 valence electrons. The van der Waals surface area contributed by atoms with E-state index < -0.39 is 0 Å². The predicted octanol–water partition coefficient (Wildman–Crippen LogP) is 2.32. The monoisotopic (exact) mass is 199 g/mol. The SMILES string of the molecule is NC1CSc2ccc(Cl)cc2C1. The zero-order chi connectivity index (χ0) is 8.55. The molecular formula is C9H10ClNS. The van der Waals surface area contributed by atoms with Crippen LogP contribution in [0.25, 0.3) is 0 Å². The molecule has 0 aliphatic carbocycles. The lowest BCUT2D eigenvalue weighted by Crippen LogP contribution is -2.28. The topological polar surface area (TPSA) is 26.0 Å². The molecule has 2 N–H and O–H groups in total. The summed E-state index contributed by atoms with van der Waals surface area (Å²) in [6.45, 7) is 0. The number of rotatable bonds is 0. The van der Waals surface area contributed by atoms with Gasteiger partial charge in [-0.15, -0.1) is 11.8 Å². The third-order valence-electron chi connectivity index (χ3n) is 1.96. The van der Waals surface area contributed by atoms with E-state index in [1.165, 1.54) is 10.5 Å². The Morgan fingerprint density at radius 3 is 3.17 bits per heavy atom. The Hall–Kier alpha value is -0.180. The molecule has 1 atom stereocenters. The molecule has 0 saturated carbocycles. The Kier molecular flexibility index (Phi) is 2.31. The molecule has 0 saturated heterocycles. The Morgan fingerprint density at radius 2 is 2.33 bits per heavy atom. The van der Waals surface area contributed by atoms with Gasteiger partial charge in [0.2, 0.25) is 0 Å². The van der Waals surface area contributed by atoms with Crippen LogP contribution in [0.2, 0.25) is 5.02 Å². The fraction of sp³-hybridized carbons (Fsp3) is 0.333.